The molecule has 2 aliphatic rings. The van der Waals surface area contributed by atoms with Gasteiger partial charge in [0.2, 0.25) is 5.13 Å². The van der Waals surface area contributed by atoms with E-state index in [0.717, 1.165) is 29.6 Å². The van der Waals surface area contributed by atoms with Gasteiger partial charge in [0.25, 0.3) is 0 Å². The van der Waals surface area contributed by atoms with Crippen LogP contribution in [0.3, 0.4) is 0 Å². The average Bonchev–Trinajstić information content (AvgIpc) is 3.20. The minimum atomic E-state index is -0.241. The van der Waals surface area contributed by atoms with E-state index in [9.17, 15) is 4.79 Å². The number of amidine groups is 1. The minimum absolute atomic E-state index is 0.210. The number of carbonyl (C=O) groups excluding carboxylic acids is 1. The molecule has 25 heavy (non-hydrogen) atoms. The van der Waals surface area contributed by atoms with Crippen LogP contribution in [0.4, 0.5) is 5.13 Å². The largest absolute Gasteiger partial charge is 0.466 e. The highest BCUT2D eigenvalue weighted by molar-refractivity contribution is 8.14. The van der Waals surface area contributed by atoms with Gasteiger partial charge in [-0.3, -0.25) is 4.79 Å². The summed E-state index contributed by atoms with van der Waals surface area (Å²) in [5.74, 6) is 0.823. The standard InChI is InChI=1S/C18H19N3O2S2/c1-2-23-16(22)8-14-10-24-17(19-14)20-18-21-9-13-6-4-3-5-12(13)7-15(21)11-25-18/h3-6,10,15H,2,7-9,11H2,1H3/t15-/m0/s1. The van der Waals surface area contributed by atoms with Crippen LogP contribution in [0.1, 0.15) is 23.7 Å². The molecule has 3 heterocycles. The van der Waals surface area contributed by atoms with Gasteiger partial charge in [-0.1, -0.05) is 36.0 Å². The zero-order valence-corrected chi connectivity index (χ0v) is 15.6. The second-order valence-corrected chi connectivity index (χ2v) is 7.89. The Morgan fingerprint density at radius 1 is 1.40 bits per heavy atom. The third-order valence-corrected chi connectivity index (χ3v) is 6.29. The molecule has 0 N–H and O–H groups in total. The van der Waals surface area contributed by atoms with Crippen molar-refractivity contribution in [1.82, 2.24) is 9.88 Å². The molecule has 1 fully saturated rings. The SMILES string of the molecule is CCOC(=O)Cc1csc(N=C2SC[C@@H]3Cc4ccccc4CN23)n1. The second-order valence-electron chi connectivity index (χ2n) is 6.06. The summed E-state index contributed by atoms with van der Waals surface area (Å²) >= 11 is 3.27. The van der Waals surface area contributed by atoms with Crippen LogP contribution >= 0.6 is 23.1 Å². The van der Waals surface area contributed by atoms with Crippen molar-refractivity contribution in [1.29, 1.82) is 0 Å². The molecule has 0 bridgehead atoms. The number of ether oxygens (including phenoxy) is 1. The molecule has 1 aromatic heterocycles. The van der Waals surface area contributed by atoms with E-state index in [4.69, 9.17) is 9.73 Å². The second kappa shape index (κ2) is 7.17. The number of benzene rings is 1. The van der Waals surface area contributed by atoms with Crippen LogP contribution in [-0.4, -0.2) is 39.4 Å². The van der Waals surface area contributed by atoms with Gasteiger partial charge >= 0.3 is 5.97 Å². The van der Waals surface area contributed by atoms with Gasteiger partial charge in [-0.15, -0.1) is 11.3 Å². The van der Waals surface area contributed by atoms with E-state index < -0.39 is 0 Å². The fourth-order valence-corrected chi connectivity index (χ4v) is 5.10. The van der Waals surface area contributed by atoms with Crippen LogP contribution in [0, 0.1) is 0 Å². The van der Waals surface area contributed by atoms with E-state index in [2.05, 4.69) is 34.1 Å². The summed E-state index contributed by atoms with van der Waals surface area (Å²) in [5.41, 5.74) is 3.57. The summed E-state index contributed by atoms with van der Waals surface area (Å²) in [7, 11) is 0. The first-order valence-electron chi connectivity index (χ1n) is 8.38. The average molecular weight is 374 g/mol. The van der Waals surface area contributed by atoms with Crippen LogP contribution in [0.5, 0.6) is 0 Å². The number of aromatic nitrogens is 1. The number of thioether (sulfide) groups is 1. The Morgan fingerprint density at radius 3 is 3.08 bits per heavy atom. The molecular formula is C18H19N3O2S2. The van der Waals surface area contributed by atoms with Crippen molar-refractivity contribution in [3.63, 3.8) is 0 Å². The number of nitrogens with zero attached hydrogens (tertiary/aromatic N) is 3. The fourth-order valence-electron chi connectivity index (χ4n) is 3.18. The van der Waals surface area contributed by atoms with Crippen LogP contribution in [0.2, 0.25) is 0 Å². The Kier molecular flexibility index (Phi) is 4.76. The minimum Gasteiger partial charge on any atom is -0.466 e. The zero-order valence-electron chi connectivity index (χ0n) is 14.0. The maximum absolute atomic E-state index is 11.6. The number of esters is 1. The van der Waals surface area contributed by atoms with E-state index in [1.165, 1.54) is 22.5 Å². The van der Waals surface area contributed by atoms with Gasteiger partial charge in [-0.25, -0.2) is 4.98 Å². The molecule has 1 atom stereocenters. The highest BCUT2D eigenvalue weighted by Gasteiger charge is 2.34. The van der Waals surface area contributed by atoms with Crippen molar-refractivity contribution in [3.05, 3.63) is 46.5 Å². The van der Waals surface area contributed by atoms with Gasteiger partial charge in [0.15, 0.2) is 5.17 Å². The number of hydrogen-bond donors (Lipinski definition) is 0. The van der Waals surface area contributed by atoms with Gasteiger partial charge in [0.05, 0.1) is 18.7 Å². The van der Waals surface area contributed by atoms with E-state index in [0.29, 0.717) is 17.8 Å². The van der Waals surface area contributed by atoms with Crippen LogP contribution < -0.4 is 0 Å². The smallest absolute Gasteiger partial charge is 0.311 e. The van der Waals surface area contributed by atoms with Crippen molar-refractivity contribution in [2.45, 2.75) is 32.4 Å². The van der Waals surface area contributed by atoms with E-state index in [1.54, 1.807) is 18.7 Å². The summed E-state index contributed by atoms with van der Waals surface area (Å²) in [6, 6.07) is 9.16. The molecule has 0 amide bonds. The van der Waals surface area contributed by atoms with Crippen molar-refractivity contribution in [3.8, 4) is 0 Å². The molecule has 0 unspecified atom stereocenters. The summed E-state index contributed by atoms with van der Waals surface area (Å²) < 4.78 is 4.97. The first-order chi connectivity index (χ1) is 12.2. The number of carbonyl (C=O) groups is 1. The van der Waals surface area contributed by atoms with Crippen LogP contribution in [0.25, 0.3) is 0 Å². The van der Waals surface area contributed by atoms with Crippen molar-refractivity contribution in [2.75, 3.05) is 12.4 Å². The molecular weight excluding hydrogens is 354 g/mol. The summed E-state index contributed by atoms with van der Waals surface area (Å²) in [5, 5.41) is 3.64. The lowest BCUT2D eigenvalue weighted by molar-refractivity contribution is -0.142. The van der Waals surface area contributed by atoms with E-state index >= 15 is 0 Å². The number of hydrogen-bond acceptors (Lipinski definition) is 6. The zero-order chi connectivity index (χ0) is 17.2. The summed E-state index contributed by atoms with van der Waals surface area (Å²) in [6.45, 7) is 3.11. The predicted molar refractivity (Wildman–Crippen MR) is 101 cm³/mol. The Hall–Kier alpha value is -1.86. The van der Waals surface area contributed by atoms with Gasteiger partial charge in [-0.05, 0) is 24.5 Å². The lowest BCUT2D eigenvalue weighted by Gasteiger charge is -2.32. The molecule has 2 aromatic rings. The van der Waals surface area contributed by atoms with E-state index in [-0.39, 0.29) is 12.4 Å². The van der Waals surface area contributed by atoms with Crippen molar-refractivity contribution >= 4 is 39.4 Å². The Morgan fingerprint density at radius 2 is 2.24 bits per heavy atom. The number of thiazole rings is 1. The molecule has 2 aliphatic heterocycles. The molecule has 0 saturated carbocycles. The molecule has 7 heteroatoms. The molecule has 5 nitrogen and oxygen atoms in total. The predicted octanol–water partition coefficient (Wildman–Crippen LogP) is 3.41. The summed E-state index contributed by atoms with van der Waals surface area (Å²) in [6.07, 6.45) is 1.29. The molecule has 1 aromatic carbocycles. The van der Waals surface area contributed by atoms with Crippen LogP contribution in [-0.2, 0) is 28.9 Å². The molecule has 0 radical (unpaired) electrons. The lowest BCUT2D eigenvalue weighted by Crippen LogP contribution is -2.38. The van der Waals surface area contributed by atoms with Crippen molar-refractivity contribution in [2.24, 2.45) is 4.99 Å². The van der Waals surface area contributed by atoms with Gasteiger partial charge in [0.1, 0.15) is 0 Å². The molecule has 0 aliphatic carbocycles. The third-order valence-electron chi connectivity index (χ3n) is 4.37. The first kappa shape index (κ1) is 16.6. The number of fused-ring (bicyclic) bond motifs is 2. The Balaban J connectivity index is 1.49. The molecule has 0 spiro atoms. The van der Waals surface area contributed by atoms with Gasteiger partial charge in [-0.2, -0.15) is 4.99 Å². The van der Waals surface area contributed by atoms with Gasteiger partial charge < -0.3 is 9.64 Å². The van der Waals surface area contributed by atoms with Crippen LogP contribution in [0.15, 0.2) is 34.6 Å². The van der Waals surface area contributed by atoms with Gasteiger partial charge in [0, 0.05) is 23.7 Å². The third kappa shape index (κ3) is 3.57. The highest BCUT2D eigenvalue weighted by Crippen LogP contribution is 2.35. The number of rotatable bonds is 4. The van der Waals surface area contributed by atoms with Crippen molar-refractivity contribution < 1.29 is 9.53 Å². The Bertz CT molecular complexity index is 818. The quantitative estimate of drug-likeness (QED) is 0.769. The fraction of sp³-hybridized carbons (Fsp3) is 0.389. The lowest BCUT2D eigenvalue weighted by atomic mass is 9.95. The first-order valence-corrected chi connectivity index (χ1v) is 10.2. The molecule has 130 valence electrons. The molecule has 1 saturated heterocycles. The Labute approximate surface area is 155 Å². The molecule has 4 rings (SSSR count). The topological polar surface area (TPSA) is 54.8 Å². The monoisotopic (exact) mass is 373 g/mol. The maximum atomic E-state index is 11.6. The normalized spacial score (nSPS) is 20.4. The maximum Gasteiger partial charge on any atom is 0.311 e. The number of aliphatic imine (C=N–C) groups is 1. The highest BCUT2D eigenvalue weighted by atomic mass is 32.2. The van der Waals surface area contributed by atoms with E-state index in [1.807, 2.05) is 5.38 Å². The summed E-state index contributed by atoms with van der Waals surface area (Å²) in [4.78, 5) is 23.2.